The zero-order valence-corrected chi connectivity index (χ0v) is 34.5. The molecule has 0 N–H and O–H groups in total. The van der Waals surface area contributed by atoms with Crippen molar-refractivity contribution in [3.8, 4) is 67.3 Å². The highest BCUT2D eigenvalue weighted by atomic mass is 14.9. The van der Waals surface area contributed by atoms with Crippen LogP contribution in [0.2, 0.25) is 0 Å². The van der Waals surface area contributed by atoms with Gasteiger partial charge in [-0.05, 0) is 101 Å². The normalized spacial score (nSPS) is 12.6. The van der Waals surface area contributed by atoms with Crippen molar-refractivity contribution in [1.82, 2.24) is 9.97 Å². The highest BCUT2D eigenvalue weighted by molar-refractivity contribution is 6.05. The Bertz CT molecular complexity index is 3450. The maximum atomic E-state index is 5.24. The van der Waals surface area contributed by atoms with Crippen molar-refractivity contribution < 1.29 is 0 Å². The molecule has 1 heterocycles. The Labute approximate surface area is 367 Å². The van der Waals surface area contributed by atoms with E-state index in [2.05, 4.69) is 224 Å². The number of fused-ring (bicyclic) bond motifs is 5. The number of nitrogens with zero attached hydrogens (tertiary/aromatic N) is 2. The smallest absolute Gasteiger partial charge is 0.160 e. The van der Waals surface area contributed by atoms with Gasteiger partial charge in [0.05, 0.1) is 16.8 Å². The molecule has 0 radical (unpaired) electrons. The van der Waals surface area contributed by atoms with Crippen LogP contribution in [0, 0.1) is 0 Å². The van der Waals surface area contributed by atoms with Crippen molar-refractivity contribution in [3.63, 3.8) is 0 Å². The fraction of sp³-hybridized carbons (Fsp3) is 0.0164. The van der Waals surface area contributed by atoms with Gasteiger partial charge in [0.1, 0.15) is 0 Å². The summed E-state index contributed by atoms with van der Waals surface area (Å²) in [5, 5.41) is 4.70. The third-order valence-electron chi connectivity index (χ3n) is 13.0. The number of hydrogen-bond donors (Lipinski definition) is 0. The third-order valence-corrected chi connectivity index (χ3v) is 13.0. The van der Waals surface area contributed by atoms with Gasteiger partial charge in [-0.25, -0.2) is 9.97 Å². The molecule has 0 bridgehead atoms. The van der Waals surface area contributed by atoms with Crippen molar-refractivity contribution in [2.45, 2.75) is 5.41 Å². The lowest BCUT2D eigenvalue weighted by atomic mass is 9.67. The molecule has 0 atom stereocenters. The van der Waals surface area contributed by atoms with Gasteiger partial charge >= 0.3 is 0 Å². The molecule has 294 valence electrons. The molecule has 1 aliphatic carbocycles. The van der Waals surface area contributed by atoms with Gasteiger partial charge in [0.2, 0.25) is 0 Å². The first kappa shape index (κ1) is 36.6. The minimum atomic E-state index is -0.443. The molecule has 1 aromatic heterocycles. The molecule has 0 unspecified atom stereocenters. The van der Waals surface area contributed by atoms with Gasteiger partial charge in [0.25, 0.3) is 0 Å². The average Bonchev–Trinajstić information content (AvgIpc) is 3.67. The van der Waals surface area contributed by atoms with Crippen LogP contribution in [0.25, 0.3) is 88.8 Å². The van der Waals surface area contributed by atoms with Crippen LogP contribution in [-0.2, 0) is 5.41 Å². The van der Waals surface area contributed by atoms with Crippen molar-refractivity contribution in [3.05, 3.63) is 265 Å². The second kappa shape index (κ2) is 15.1. The lowest BCUT2D eigenvalue weighted by Crippen LogP contribution is -2.28. The summed E-state index contributed by atoms with van der Waals surface area (Å²) < 4.78 is 0. The van der Waals surface area contributed by atoms with Crippen molar-refractivity contribution in [1.29, 1.82) is 0 Å². The predicted molar refractivity (Wildman–Crippen MR) is 262 cm³/mol. The second-order valence-corrected chi connectivity index (χ2v) is 16.5. The van der Waals surface area contributed by atoms with Crippen LogP contribution in [0.1, 0.15) is 22.3 Å². The quantitative estimate of drug-likeness (QED) is 0.160. The molecule has 0 amide bonds. The molecule has 0 spiro atoms. The molecule has 2 heteroatoms. The van der Waals surface area contributed by atoms with E-state index in [1.165, 1.54) is 66.4 Å². The molecule has 2 nitrogen and oxygen atoms in total. The van der Waals surface area contributed by atoms with E-state index < -0.39 is 5.41 Å². The lowest BCUT2D eigenvalue weighted by Gasteiger charge is -2.34. The average molecular weight is 801 g/mol. The van der Waals surface area contributed by atoms with Crippen molar-refractivity contribution >= 4 is 21.5 Å². The Balaban J connectivity index is 0.968. The number of rotatable bonds is 7. The second-order valence-electron chi connectivity index (χ2n) is 16.5. The van der Waals surface area contributed by atoms with Crippen LogP contribution >= 0.6 is 0 Å². The van der Waals surface area contributed by atoms with Crippen LogP contribution in [0.5, 0.6) is 0 Å². The lowest BCUT2D eigenvalue weighted by molar-refractivity contribution is 0.769. The van der Waals surface area contributed by atoms with Gasteiger partial charge in [0.15, 0.2) is 5.82 Å². The van der Waals surface area contributed by atoms with Gasteiger partial charge in [-0.1, -0.05) is 218 Å². The van der Waals surface area contributed by atoms with E-state index in [0.717, 1.165) is 38.9 Å². The molecule has 0 aliphatic heterocycles. The minimum Gasteiger partial charge on any atom is -0.228 e. The Morgan fingerprint density at radius 1 is 0.270 bits per heavy atom. The molecular weight excluding hydrogens is 761 g/mol. The Hall–Kier alpha value is -8.20. The number of hydrogen-bond acceptors (Lipinski definition) is 2. The van der Waals surface area contributed by atoms with E-state index in [9.17, 15) is 0 Å². The van der Waals surface area contributed by atoms with Crippen molar-refractivity contribution in [2.75, 3.05) is 0 Å². The summed E-state index contributed by atoms with van der Waals surface area (Å²) in [5.74, 6) is 0.704. The van der Waals surface area contributed by atoms with E-state index in [4.69, 9.17) is 9.97 Å². The summed E-state index contributed by atoms with van der Waals surface area (Å²) in [6.45, 7) is 0. The van der Waals surface area contributed by atoms with Gasteiger partial charge in [0, 0.05) is 16.7 Å². The van der Waals surface area contributed by atoms with E-state index in [0.29, 0.717) is 5.82 Å². The first-order valence-electron chi connectivity index (χ1n) is 21.6. The summed E-state index contributed by atoms with van der Waals surface area (Å²) in [7, 11) is 0. The van der Waals surface area contributed by atoms with Crippen LogP contribution in [0.4, 0.5) is 0 Å². The fourth-order valence-electron chi connectivity index (χ4n) is 10.0. The van der Waals surface area contributed by atoms with Crippen LogP contribution in [-0.4, -0.2) is 9.97 Å². The highest BCUT2D eigenvalue weighted by Crippen LogP contribution is 2.56. The van der Waals surface area contributed by atoms with E-state index in [-0.39, 0.29) is 0 Å². The predicted octanol–water partition coefficient (Wildman–Crippen LogP) is 15.5. The Morgan fingerprint density at radius 3 is 1.44 bits per heavy atom. The topological polar surface area (TPSA) is 25.8 Å². The highest BCUT2D eigenvalue weighted by Gasteiger charge is 2.46. The first-order valence-corrected chi connectivity index (χ1v) is 21.6. The monoisotopic (exact) mass is 800 g/mol. The third kappa shape index (κ3) is 6.10. The largest absolute Gasteiger partial charge is 0.228 e. The van der Waals surface area contributed by atoms with Crippen LogP contribution in [0.15, 0.2) is 243 Å². The Kier molecular flexibility index (Phi) is 8.76. The number of benzene rings is 10. The first-order chi connectivity index (χ1) is 31.2. The summed E-state index contributed by atoms with van der Waals surface area (Å²) >= 11 is 0. The molecule has 0 fully saturated rings. The van der Waals surface area contributed by atoms with E-state index >= 15 is 0 Å². The number of aromatic nitrogens is 2. The maximum absolute atomic E-state index is 5.24. The van der Waals surface area contributed by atoms with Gasteiger partial charge in [-0.15, -0.1) is 0 Å². The molecule has 11 aromatic rings. The summed E-state index contributed by atoms with van der Waals surface area (Å²) in [5.41, 5.74) is 17.0. The van der Waals surface area contributed by atoms with Crippen molar-refractivity contribution in [2.24, 2.45) is 0 Å². The van der Waals surface area contributed by atoms with Crippen LogP contribution < -0.4 is 0 Å². The standard InChI is InChI=1S/C61H40N2/c1-5-17-41(18-6-1)50-35-36-55(52-26-14-13-25-51(50)52)59-40-58(62-60(63-59)42-19-7-2-8-20-42)47-32-31-43-37-44(29-30-45(43)38-47)46-33-34-54-53-27-15-16-28-56(53)61(57(54)39-46,48-21-9-3-10-22-48)49-23-11-4-12-24-49/h1-40H. The van der Waals surface area contributed by atoms with Gasteiger partial charge in [-0.2, -0.15) is 0 Å². The molecular formula is C61H40N2. The molecule has 10 aromatic carbocycles. The Morgan fingerprint density at radius 2 is 0.746 bits per heavy atom. The van der Waals surface area contributed by atoms with Gasteiger partial charge < -0.3 is 0 Å². The summed E-state index contributed by atoms with van der Waals surface area (Å²) in [6.07, 6.45) is 0. The molecule has 0 saturated carbocycles. The van der Waals surface area contributed by atoms with Crippen LogP contribution in [0.3, 0.4) is 0 Å². The van der Waals surface area contributed by atoms with Gasteiger partial charge in [-0.3, -0.25) is 0 Å². The molecule has 12 rings (SSSR count). The SMILES string of the molecule is c1ccc(-c2nc(-c3ccc4cc(-c5ccc6c(c5)C(c5ccccc5)(c5ccccc5)c5ccccc5-6)ccc4c3)cc(-c3ccc(-c4ccccc4)c4ccccc34)n2)cc1. The zero-order valence-electron chi connectivity index (χ0n) is 34.5. The fourth-order valence-corrected chi connectivity index (χ4v) is 10.0. The van der Waals surface area contributed by atoms with E-state index in [1.54, 1.807) is 0 Å². The van der Waals surface area contributed by atoms with E-state index in [1.807, 2.05) is 18.2 Å². The molecule has 0 saturated heterocycles. The molecule has 63 heavy (non-hydrogen) atoms. The molecule has 1 aliphatic rings. The summed E-state index contributed by atoms with van der Waals surface area (Å²) in [4.78, 5) is 10.5. The maximum Gasteiger partial charge on any atom is 0.160 e. The minimum absolute atomic E-state index is 0.443. The summed E-state index contributed by atoms with van der Waals surface area (Å²) in [6, 6.07) is 87.7. The zero-order chi connectivity index (χ0) is 41.7.